The van der Waals surface area contributed by atoms with Crippen molar-refractivity contribution in [3.8, 4) is 0 Å². The third-order valence-corrected chi connectivity index (χ3v) is 2.97. The fourth-order valence-electron chi connectivity index (χ4n) is 2.28. The minimum atomic E-state index is 1.08. The normalized spacial score (nSPS) is 16.6. The summed E-state index contributed by atoms with van der Waals surface area (Å²) in [5, 5.41) is 4.82. The van der Waals surface area contributed by atoms with Crippen molar-refractivity contribution in [2.24, 2.45) is 0 Å². The Bertz CT molecular complexity index is 456. The predicted molar refractivity (Wildman–Crippen MR) is 58.5 cm³/mol. The van der Waals surface area contributed by atoms with Gasteiger partial charge in [0.1, 0.15) is 0 Å². The Morgan fingerprint density at radius 3 is 3.14 bits per heavy atom. The van der Waals surface area contributed by atoms with Crippen LogP contribution >= 0.6 is 0 Å². The maximum Gasteiger partial charge on any atom is 0.0513 e. The van der Waals surface area contributed by atoms with Crippen LogP contribution in [-0.4, -0.2) is 17.7 Å². The summed E-state index contributed by atoms with van der Waals surface area (Å²) in [6.07, 6.45) is 3.34. The van der Waals surface area contributed by atoms with Gasteiger partial charge >= 0.3 is 0 Å². The average molecular weight is 186 g/mol. The second-order valence-corrected chi connectivity index (χ2v) is 3.86. The summed E-state index contributed by atoms with van der Waals surface area (Å²) in [5.41, 5.74) is 2.91. The fourth-order valence-corrected chi connectivity index (χ4v) is 2.28. The van der Waals surface area contributed by atoms with Gasteiger partial charge in [-0.05, 0) is 30.0 Å². The van der Waals surface area contributed by atoms with Gasteiger partial charge in [-0.1, -0.05) is 18.2 Å². The van der Waals surface area contributed by atoms with E-state index < -0.39 is 0 Å². The lowest BCUT2D eigenvalue weighted by molar-refractivity contribution is 0.596. The van der Waals surface area contributed by atoms with Gasteiger partial charge in [0.25, 0.3) is 0 Å². The topological polar surface area (TPSA) is 17.0 Å². The maximum absolute atomic E-state index is 3.44. The second-order valence-electron chi connectivity index (χ2n) is 3.86. The predicted octanol–water partition coefficient (Wildman–Crippen LogP) is 1.79. The van der Waals surface area contributed by atoms with Crippen molar-refractivity contribution in [1.82, 2.24) is 9.88 Å². The van der Waals surface area contributed by atoms with Gasteiger partial charge in [-0.15, -0.1) is 0 Å². The van der Waals surface area contributed by atoms with Crippen molar-refractivity contribution >= 4 is 10.9 Å². The standard InChI is InChI=1S/C12H14N2/c1-2-10-4-6-13-7-9-14-8-5-11(3-1)12(10)14/h1-3,5,8,13H,4,6-7,9H2. The lowest BCUT2D eigenvalue weighted by Crippen LogP contribution is -2.24. The van der Waals surface area contributed by atoms with Crippen LogP contribution < -0.4 is 5.32 Å². The van der Waals surface area contributed by atoms with Crippen molar-refractivity contribution in [2.45, 2.75) is 13.0 Å². The number of benzene rings is 1. The van der Waals surface area contributed by atoms with E-state index in [1.807, 2.05) is 0 Å². The van der Waals surface area contributed by atoms with Gasteiger partial charge < -0.3 is 9.88 Å². The average Bonchev–Trinajstić information content (AvgIpc) is 2.57. The first-order valence-electron chi connectivity index (χ1n) is 5.22. The van der Waals surface area contributed by atoms with Crippen molar-refractivity contribution < 1.29 is 0 Å². The molecule has 2 heterocycles. The molecule has 1 aromatic carbocycles. The van der Waals surface area contributed by atoms with E-state index in [0.29, 0.717) is 0 Å². The zero-order valence-electron chi connectivity index (χ0n) is 8.16. The monoisotopic (exact) mass is 186 g/mol. The summed E-state index contributed by atoms with van der Waals surface area (Å²) in [4.78, 5) is 0. The molecule has 2 heteroatoms. The molecule has 0 amide bonds. The minimum Gasteiger partial charge on any atom is -0.346 e. The van der Waals surface area contributed by atoms with E-state index in [-0.39, 0.29) is 0 Å². The van der Waals surface area contributed by atoms with E-state index in [1.165, 1.54) is 16.5 Å². The quantitative estimate of drug-likeness (QED) is 0.663. The first-order chi connectivity index (χ1) is 6.95. The largest absolute Gasteiger partial charge is 0.346 e. The van der Waals surface area contributed by atoms with Crippen LogP contribution in [0.2, 0.25) is 0 Å². The van der Waals surface area contributed by atoms with E-state index in [4.69, 9.17) is 0 Å². The molecule has 2 aromatic rings. The fraction of sp³-hybridized carbons (Fsp3) is 0.333. The van der Waals surface area contributed by atoms with Gasteiger partial charge in [0.2, 0.25) is 0 Å². The van der Waals surface area contributed by atoms with E-state index in [1.54, 1.807) is 0 Å². The van der Waals surface area contributed by atoms with Crippen LogP contribution in [0.5, 0.6) is 0 Å². The van der Waals surface area contributed by atoms with Crippen LogP contribution in [0.15, 0.2) is 30.5 Å². The lowest BCUT2D eigenvalue weighted by Gasteiger charge is -2.14. The maximum atomic E-state index is 3.44. The van der Waals surface area contributed by atoms with Crippen LogP contribution in [0.3, 0.4) is 0 Å². The zero-order chi connectivity index (χ0) is 9.38. The van der Waals surface area contributed by atoms with Crippen molar-refractivity contribution in [3.63, 3.8) is 0 Å². The van der Waals surface area contributed by atoms with Crippen LogP contribution in [-0.2, 0) is 13.0 Å². The molecule has 0 aliphatic carbocycles. The van der Waals surface area contributed by atoms with E-state index in [2.05, 4.69) is 40.3 Å². The third-order valence-electron chi connectivity index (χ3n) is 2.97. The number of nitrogens with zero attached hydrogens (tertiary/aromatic N) is 1. The summed E-state index contributed by atoms with van der Waals surface area (Å²) in [6, 6.07) is 8.81. The molecular weight excluding hydrogens is 172 g/mol. The second kappa shape index (κ2) is 3.14. The molecule has 0 fully saturated rings. The molecule has 0 radical (unpaired) electrons. The van der Waals surface area contributed by atoms with Crippen LogP contribution in [0.4, 0.5) is 0 Å². The van der Waals surface area contributed by atoms with E-state index >= 15 is 0 Å². The highest BCUT2D eigenvalue weighted by Crippen LogP contribution is 2.21. The van der Waals surface area contributed by atoms with Gasteiger partial charge in [0.15, 0.2) is 0 Å². The molecule has 1 aromatic heterocycles. The molecule has 3 rings (SSSR count). The van der Waals surface area contributed by atoms with Crippen LogP contribution in [0.1, 0.15) is 5.56 Å². The SMILES string of the molecule is c1cc2c3c(c1)ccn3CCNCC2. The van der Waals surface area contributed by atoms with Crippen LogP contribution in [0, 0.1) is 0 Å². The van der Waals surface area contributed by atoms with Gasteiger partial charge in [0, 0.05) is 19.3 Å². The molecule has 0 saturated carbocycles. The van der Waals surface area contributed by atoms with Crippen molar-refractivity contribution in [3.05, 3.63) is 36.0 Å². The molecule has 72 valence electrons. The highest BCUT2D eigenvalue weighted by atomic mass is 15.0. The number of nitrogens with one attached hydrogen (secondary N) is 1. The zero-order valence-corrected chi connectivity index (χ0v) is 8.16. The van der Waals surface area contributed by atoms with Gasteiger partial charge in [-0.3, -0.25) is 0 Å². The van der Waals surface area contributed by atoms with Gasteiger partial charge in [-0.25, -0.2) is 0 Å². The van der Waals surface area contributed by atoms with Crippen molar-refractivity contribution in [2.75, 3.05) is 13.1 Å². The lowest BCUT2D eigenvalue weighted by atomic mass is 10.1. The Morgan fingerprint density at radius 2 is 2.14 bits per heavy atom. The highest BCUT2D eigenvalue weighted by Gasteiger charge is 2.08. The molecule has 0 atom stereocenters. The minimum absolute atomic E-state index is 1.08. The van der Waals surface area contributed by atoms with E-state index in [0.717, 1.165) is 26.1 Å². The van der Waals surface area contributed by atoms with E-state index in [9.17, 15) is 0 Å². The molecule has 0 unspecified atom stereocenters. The molecule has 1 aliphatic heterocycles. The summed E-state index contributed by atoms with van der Waals surface area (Å²) < 4.78 is 2.36. The summed E-state index contributed by atoms with van der Waals surface area (Å²) in [7, 11) is 0. The first kappa shape index (κ1) is 8.06. The Kier molecular flexibility index (Phi) is 1.81. The Morgan fingerprint density at radius 1 is 1.14 bits per heavy atom. The van der Waals surface area contributed by atoms with Gasteiger partial charge in [0.05, 0.1) is 5.52 Å². The third kappa shape index (κ3) is 1.15. The Hall–Kier alpha value is -1.28. The number of para-hydroxylation sites is 1. The van der Waals surface area contributed by atoms with Crippen LogP contribution in [0.25, 0.3) is 10.9 Å². The molecule has 2 nitrogen and oxygen atoms in total. The smallest absolute Gasteiger partial charge is 0.0513 e. The molecule has 1 aliphatic rings. The number of hydrogen-bond acceptors (Lipinski definition) is 1. The first-order valence-corrected chi connectivity index (χ1v) is 5.22. The molecule has 0 spiro atoms. The Labute approximate surface area is 83.5 Å². The number of hydrogen-bond donors (Lipinski definition) is 1. The molecular formula is C12H14N2. The summed E-state index contributed by atoms with van der Waals surface area (Å²) in [6.45, 7) is 3.27. The summed E-state index contributed by atoms with van der Waals surface area (Å²) in [5.74, 6) is 0. The van der Waals surface area contributed by atoms with Gasteiger partial charge in [-0.2, -0.15) is 0 Å². The molecule has 1 N–H and O–H groups in total. The highest BCUT2D eigenvalue weighted by molar-refractivity contribution is 5.83. The molecule has 0 bridgehead atoms. The molecule has 14 heavy (non-hydrogen) atoms. The molecule has 0 saturated heterocycles. The van der Waals surface area contributed by atoms with Crippen molar-refractivity contribution in [1.29, 1.82) is 0 Å². The summed E-state index contributed by atoms with van der Waals surface area (Å²) >= 11 is 0. The Balaban J connectivity index is 2.28. The number of rotatable bonds is 0. The number of aromatic nitrogens is 1.